The molecule has 3 aromatic rings. The Kier molecular flexibility index (Phi) is 4.28. The van der Waals surface area contributed by atoms with Gasteiger partial charge in [-0.25, -0.2) is 0 Å². The lowest BCUT2D eigenvalue weighted by molar-refractivity contribution is 0.174. The van der Waals surface area contributed by atoms with Crippen molar-refractivity contribution in [2.24, 2.45) is 0 Å². The minimum Gasteiger partial charge on any atom is -0.387 e. The van der Waals surface area contributed by atoms with Crippen LogP contribution in [0.1, 0.15) is 17.2 Å². The van der Waals surface area contributed by atoms with Crippen molar-refractivity contribution < 1.29 is 5.11 Å². The summed E-state index contributed by atoms with van der Waals surface area (Å²) in [6, 6.07) is 12.0. The topological polar surface area (TPSA) is 60.9 Å². The number of hydrogen-bond donors (Lipinski definition) is 3. The predicted octanol–water partition coefficient (Wildman–Crippen LogP) is 2.43. The summed E-state index contributed by atoms with van der Waals surface area (Å²) in [6.45, 7) is 1.37. The molecule has 0 aliphatic heterocycles. The van der Waals surface area contributed by atoms with E-state index in [2.05, 4.69) is 39.7 Å². The largest absolute Gasteiger partial charge is 0.387 e. The maximum absolute atomic E-state index is 10.0. The van der Waals surface area contributed by atoms with Gasteiger partial charge in [0.2, 0.25) is 0 Å². The third-order valence-corrected chi connectivity index (χ3v) is 3.65. The summed E-state index contributed by atoms with van der Waals surface area (Å²) in [5, 5.41) is 14.6. The molecule has 0 spiro atoms. The average molecular weight is 281 g/mol. The van der Waals surface area contributed by atoms with E-state index in [1.54, 1.807) is 12.4 Å². The van der Waals surface area contributed by atoms with Crippen LogP contribution >= 0.6 is 0 Å². The standard InChI is InChI=1S/C17H19N3O/c21-17(14-4-3-8-18-10-14)12-19-9-7-13-11-20-16-6-2-1-5-15(13)16/h1-6,8,10-11,17,19-21H,7,9,12H2/t17-/m0/s1. The molecule has 108 valence electrons. The second-order valence-corrected chi connectivity index (χ2v) is 5.12. The normalized spacial score (nSPS) is 12.6. The molecule has 0 bridgehead atoms. The fourth-order valence-electron chi connectivity index (χ4n) is 2.49. The zero-order valence-corrected chi connectivity index (χ0v) is 11.8. The van der Waals surface area contributed by atoms with Crippen molar-refractivity contribution in [3.05, 3.63) is 66.1 Å². The Morgan fingerprint density at radius 1 is 1.19 bits per heavy atom. The molecule has 3 N–H and O–H groups in total. The molecule has 0 fully saturated rings. The maximum atomic E-state index is 10.0. The molecule has 0 amide bonds. The van der Waals surface area contributed by atoms with E-state index in [9.17, 15) is 5.11 Å². The number of H-pyrrole nitrogens is 1. The lowest BCUT2D eigenvalue weighted by Crippen LogP contribution is -2.23. The van der Waals surface area contributed by atoms with Crippen LogP contribution in [0.15, 0.2) is 55.0 Å². The molecule has 2 aromatic heterocycles. The molecule has 1 atom stereocenters. The lowest BCUT2D eigenvalue weighted by Gasteiger charge is -2.11. The Hall–Kier alpha value is -2.17. The molecule has 3 rings (SSSR count). The summed E-state index contributed by atoms with van der Waals surface area (Å²) in [5.74, 6) is 0. The number of fused-ring (bicyclic) bond motifs is 1. The van der Waals surface area contributed by atoms with Crippen molar-refractivity contribution in [1.82, 2.24) is 15.3 Å². The number of aromatic amines is 1. The quantitative estimate of drug-likeness (QED) is 0.608. The number of nitrogens with zero attached hydrogens (tertiary/aromatic N) is 1. The number of nitrogens with one attached hydrogen (secondary N) is 2. The average Bonchev–Trinajstić information content (AvgIpc) is 2.95. The molecular weight excluding hydrogens is 262 g/mol. The van der Waals surface area contributed by atoms with E-state index in [0.29, 0.717) is 6.54 Å². The fraction of sp³-hybridized carbons (Fsp3) is 0.235. The van der Waals surface area contributed by atoms with E-state index in [1.807, 2.05) is 18.2 Å². The number of aromatic nitrogens is 2. The summed E-state index contributed by atoms with van der Waals surface area (Å²) in [7, 11) is 0. The van der Waals surface area contributed by atoms with Gasteiger partial charge < -0.3 is 15.4 Å². The van der Waals surface area contributed by atoms with E-state index in [4.69, 9.17) is 0 Å². The molecule has 21 heavy (non-hydrogen) atoms. The summed E-state index contributed by atoms with van der Waals surface area (Å²) in [6.07, 6.45) is 5.89. The third kappa shape index (κ3) is 3.29. The molecule has 2 heterocycles. The van der Waals surface area contributed by atoms with Crippen molar-refractivity contribution in [2.45, 2.75) is 12.5 Å². The van der Waals surface area contributed by atoms with Gasteiger partial charge in [-0.15, -0.1) is 0 Å². The zero-order chi connectivity index (χ0) is 14.5. The highest BCUT2D eigenvalue weighted by Gasteiger charge is 2.07. The molecule has 4 nitrogen and oxygen atoms in total. The van der Waals surface area contributed by atoms with Gasteiger partial charge in [-0.1, -0.05) is 24.3 Å². The van der Waals surface area contributed by atoms with Crippen LogP contribution in [0.5, 0.6) is 0 Å². The minimum absolute atomic E-state index is 0.512. The predicted molar refractivity (Wildman–Crippen MR) is 84.1 cm³/mol. The second kappa shape index (κ2) is 6.52. The first-order chi connectivity index (χ1) is 10.3. The van der Waals surface area contributed by atoms with Gasteiger partial charge in [-0.2, -0.15) is 0 Å². The molecule has 0 radical (unpaired) electrons. The molecule has 0 saturated carbocycles. The second-order valence-electron chi connectivity index (χ2n) is 5.12. The Labute approximate surface area is 123 Å². The summed E-state index contributed by atoms with van der Waals surface area (Å²) < 4.78 is 0. The van der Waals surface area contributed by atoms with Gasteiger partial charge in [0.1, 0.15) is 0 Å². The molecule has 4 heteroatoms. The van der Waals surface area contributed by atoms with Gasteiger partial charge in [0, 0.05) is 41.6 Å². The number of para-hydroxylation sites is 1. The number of aliphatic hydroxyl groups excluding tert-OH is 1. The monoisotopic (exact) mass is 281 g/mol. The van der Waals surface area contributed by atoms with Crippen LogP contribution in [0.4, 0.5) is 0 Å². The van der Waals surface area contributed by atoms with E-state index in [-0.39, 0.29) is 0 Å². The number of hydrogen-bond acceptors (Lipinski definition) is 3. The summed E-state index contributed by atoms with van der Waals surface area (Å²) in [5.41, 5.74) is 3.31. The highest BCUT2D eigenvalue weighted by atomic mass is 16.3. The van der Waals surface area contributed by atoms with Crippen molar-refractivity contribution in [1.29, 1.82) is 0 Å². The van der Waals surface area contributed by atoms with Crippen LogP contribution in [-0.2, 0) is 6.42 Å². The molecule has 0 saturated heterocycles. The summed E-state index contributed by atoms with van der Waals surface area (Å²) in [4.78, 5) is 7.30. The van der Waals surface area contributed by atoms with E-state index < -0.39 is 6.10 Å². The lowest BCUT2D eigenvalue weighted by atomic mass is 10.1. The fourth-order valence-corrected chi connectivity index (χ4v) is 2.49. The molecule has 0 unspecified atom stereocenters. The van der Waals surface area contributed by atoms with Crippen LogP contribution in [0, 0.1) is 0 Å². The van der Waals surface area contributed by atoms with Gasteiger partial charge in [-0.3, -0.25) is 4.98 Å². The van der Waals surface area contributed by atoms with Crippen LogP contribution in [0.2, 0.25) is 0 Å². The molecule has 1 aromatic carbocycles. The zero-order valence-electron chi connectivity index (χ0n) is 11.8. The Morgan fingerprint density at radius 2 is 2.10 bits per heavy atom. The van der Waals surface area contributed by atoms with Gasteiger partial charge in [0.25, 0.3) is 0 Å². The van der Waals surface area contributed by atoms with Gasteiger partial charge >= 0.3 is 0 Å². The number of aliphatic hydroxyl groups is 1. The van der Waals surface area contributed by atoms with Gasteiger partial charge in [-0.05, 0) is 30.7 Å². The minimum atomic E-state index is -0.512. The Balaban J connectivity index is 1.50. The highest BCUT2D eigenvalue weighted by molar-refractivity contribution is 5.83. The van der Waals surface area contributed by atoms with Gasteiger partial charge in [0.15, 0.2) is 0 Å². The first-order valence-electron chi connectivity index (χ1n) is 7.18. The van der Waals surface area contributed by atoms with Crippen LogP contribution < -0.4 is 5.32 Å². The number of pyridine rings is 1. The first kappa shape index (κ1) is 13.8. The van der Waals surface area contributed by atoms with Crippen LogP contribution in [0.25, 0.3) is 10.9 Å². The van der Waals surface area contributed by atoms with Crippen molar-refractivity contribution in [3.63, 3.8) is 0 Å². The van der Waals surface area contributed by atoms with E-state index in [1.165, 1.54) is 16.5 Å². The number of rotatable bonds is 6. The SMILES string of the molecule is O[C@@H](CNCCc1c[nH]c2ccccc12)c1cccnc1. The number of benzene rings is 1. The Morgan fingerprint density at radius 3 is 2.95 bits per heavy atom. The van der Waals surface area contributed by atoms with Crippen LogP contribution in [-0.4, -0.2) is 28.2 Å². The van der Waals surface area contributed by atoms with Gasteiger partial charge in [0.05, 0.1) is 6.10 Å². The summed E-state index contributed by atoms with van der Waals surface area (Å²) >= 11 is 0. The third-order valence-electron chi connectivity index (χ3n) is 3.65. The van der Waals surface area contributed by atoms with Crippen molar-refractivity contribution in [2.75, 3.05) is 13.1 Å². The smallest absolute Gasteiger partial charge is 0.0929 e. The Bertz CT molecular complexity index is 693. The van der Waals surface area contributed by atoms with E-state index >= 15 is 0 Å². The molecule has 0 aliphatic carbocycles. The first-order valence-corrected chi connectivity index (χ1v) is 7.18. The van der Waals surface area contributed by atoms with Crippen molar-refractivity contribution >= 4 is 10.9 Å². The van der Waals surface area contributed by atoms with Crippen molar-refractivity contribution in [3.8, 4) is 0 Å². The van der Waals surface area contributed by atoms with E-state index in [0.717, 1.165) is 18.5 Å². The maximum Gasteiger partial charge on any atom is 0.0929 e. The highest BCUT2D eigenvalue weighted by Crippen LogP contribution is 2.17. The van der Waals surface area contributed by atoms with Crippen LogP contribution in [0.3, 0.4) is 0 Å². The molecule has 0 aliphatic rings. The molecular formula is C17H19N3O.